The Balaban J connectivity index is 1.43. The minimum atomic E-state index is -0.109. The summed E-state index contributed by atoms with van der Waals surface area (Å²) in [7, 11) is 0. The number of nitrogens with one attached hydrogen (secondary N) is 1. The third-order valence-corrected chi connectivity index (χ3v) is 7.42. The Morgan fingerprint density at radius 2 is 2.19 bits per heavy atom. The molecular formula is C22H23N5O3S2. The highest BCUT2D eigenvalue weighted by Crippen LogP contribution is 2.25. The van der Waals surface area contributed by atoms with Gasteiger partial charge >= 0.3 is 0 Å². The van der Waals surface area contributed by atoms with Gasteiger partial charge in [-0.25, -0.2) is 0 Å². The van der Waals surface area contributed by atoms with E-state index >= 15 is 0 Å². The zero-order valence-electron chi connectivity index (χ0n) is 17.6. The second-order valence-corrected chi connectivity index (χ2v) is 9.51. The van der Waals surface area contributed by atoms with Crippen molar-refractivity contribution >= 4 is 50.7 Å². The van der Waals surface area contributed by atoms with Gasteiger partial charge < -0.3 is 10.1 Å². The molecule has 166 valence electrons. The Kier molecular flexibility index (Phi) is 5.99. The Bertz CT molecular complexity index is 1340. The summed E-state index contributed by atoms with van der Waals surface area (Å²) < 4.78 is 9.93. The zero-order chi connectivity index (χ0) is 22.1. The van der Waals surface area contributed by atoms with Gasteiger partial charge in [-0.05, 0) is 42.3 Å². The van der Waals surface area contributed by atoms with Crippen molar-refractivity contribution in [3.63, 3.8) is 0 Å². The van der Waals surface area contributed by atoms with E-state index in [0.717, 1.165) is 42.6 Å². The highest BCUT2D eigenvalue weighted by atomic mass is 32.2. The molecule has 0 radical (unpaired) electrons. The molecule has 32 heavy (non-hydrogen) atoms. The predicted molar refractivity (Wildman–Crippen MR) is 127 cm³/mol. The number of rotatable bonds is 7. The van der Waals surface area contributed by atoms with Gasteiger partial charge in [0.1, 0.15) is 4.70 Å². The first-order valence-corrected chi connectivity index (χ1v) is 12.5. The summed E-state index contributed by atoms with van der Waals surface area (Å²) in [5, 5.41) is 14.1. The van der Waals surface area contributed by atoms with E-state index < -0.39 is 0 Å². The number of nitrogens with zero attached hydrogens (tertiary/aromatic N) is 4. The van der Waals surface area contributed by atoms with Crippen LogP contribution in [0.2, 0.25) is 0 Å². The number of fused-ring (bicyclic) bond motifs is 3. The number of amides is 1. The maximum Gasteiger partial charge on any atom is 0.272 e. The molecule has 1 aromatic carbocycles. The molecule has 1 saturated heterocycles. The number of hydrogen-bond acceptors (Lipinski definition) is 7. The van der Waals surface area contributed by atoms with E-state index in [1.165, 1.54) is 23.1 Å². The fourth-order valence-corrected chi connectivity index (χ4v) is 5.58. The number of thiophene rings is 1. The van der Waals surface area contributed by atoms with E-state index in [-0.39, 0.29) is 23.3 Å². The van der Waals surface area contributed by atoms with Crippen molar-refractivity contribution in [2.75, 3.05) is 17.7 Å². The molecule has 0 saturated carbocycles. The first-order valence-electron chi connectivity index (χ1n) is 10.6. The predicted octanol–water partition coefficient (Wildman–Crippen LogP) is 3.58. The minimum absolute atomic E-state index is 0.00567. The van der Waals surface area contributed by atoms with Crippen molar-refractivity contribution in [3.05, 3.63) is 51.6 Å². The molecule has 4 aromatic rings. The molecule has 10 heteroatoms. The van der Waals surface area contributed by atoms with Gasteiger partial charge in [-0.3, -0.25) is 18.6 Å². The third-order valence-electron chi connectivity index (χ3n) is 5.60. The van der Waals surface area contributed by atoms with Crippen molar-refractivity contribution in [2.45, 2.75) is 44.0 Å². The minimum Gasteiger partial charge on any atom is -0.376 e. The quantitative estimate of drug-likeness (QED) is 0.416. The van der Waals surface area contributed by atoms with Crippen molar-refractivity contribution in [2.24, 2.45) is 0 Å². The molecule has 0 bridgehead atoms. The van der Waals surface area contributed by atoms with E-state index in [2.05, 4.69) is 22.4 Å². The van der Waals surface area contributed by atoms with Gasteiger partial charge in [0.15, 0.2) is 5.16 Å². The van der Waals surface area contributed by atoms with Crippen LogP contribution in [0.4, 0.5) is 5.69 Å². The molecule has 1 amide bonds. The van der Waals surface area contributed by atoms with Gasteiger partial charge in [0.05, 0.1) is 23.9 Å². The molecule has 3 aromatic heterocycles. The summed E-state index contributed by atoms with van der Waals surface area (Å²) in [6.07, 6.45) is 2.78. The van der Waals surface area contributed by atoms with E-state index in [9.17, 15) is 9.59 Å². The van der Waals surface area contributed by atoms with Crippen LogP contribution in [0.25, 0.3) is 16.0 Å². The number of ether oxygens (including phenoxy) is 1. The largest absolute Gasteiger partial charge is 0.376 e. The summed E-state index contributed by atoms with van der Waals surface area (Å²) in [5.41, 5.74) is 2.62. The van der Waals surface area contributed by atoms with Gasteiger partial charge in [0.25, 0.3) is 5.56 Å². The lowest BCUT2D eigenvalue weighted by atomic mass is 10.1. The highest BCUT2D eigenvalue weighted by Gasteiger charge is 2.23. The molecule has 1 aliphatic rings. The van der Waals surface area contributed by atoms with Crippen molar-refractivity contribution in [1.29, 1.82) is 0 Å². The van der Waals surface area contributed by atoms with E-state index in [4.69, 9.17) is 4.74 Å². The third kappa shape index (κ3) is 3.94. The normalized spacial score (nSPS) is 16.2. The molecule has 1 aliphatic heterocycles. The Morgan fingerprint density at radius 3 is 3.00 bits per heavy atom. The van der Waals surface area contributed by atoms with E-state index in [1.54, 1.807) is 4.57 Å². The van der Waals surface area contributed by atoms with Gasteiger partial charge in [-0.1, -0.05) is 36.9 Å². The fourth-order valence-electron chi connectivity index (χ4n) is 4.02. The molecule has 1 atom stereocenters. The van der Waals surface area contributed by atoms with Crippen LogP contribution in [0.5, 0.6) is 0 Å². The molecule has 4 heterocycles. The Hall–Kier alpha value is -2.69. The number of benzene rings is 1. The van der Waals surface area contributed by atoms with Crippen LogP contribution < -0.4 is 10.9 Å². The van der Waals surface area contributed by atoms with Crippen molar-refractivity contribution in [3.8, 4) is 0 Å². The van der Waals surface area contributed by atoms with Crippen LogP contribution in [-0.4, -0.2) is 43.5 Å². The molecular weight excluding hydrogens is 446 g/mol. The van der Waals surface area contributed by atoms with Crippen LogP contribution in [0.3, 0.4) is 0 Å². The molecule has 5 rings (SSSR count). The lowest BCUT2D eigenvalue weighted by Gasteiger charge is -2.13. The number of thioether (sulfide) groups is 1. The topological polar surface area (TPSA) is 90.5 Å². The van der Waals surface area contributed by atoms with Crippen molar-refractivity contribution < 1.29 is 9.53 Å². The number of carbonyl (C=O) groups is 1. The molecule has 1 unspecified atom stereocenters. The maximum atomic E-state index is 13.1. The number of anilines is 1. The fraction of sp³-hybridized carbons (Fsp3) is 0.364. The average Bonchev–Trinajstić information content (AvgIpc) is 3.56. The number of carbonyl (C=O) groups excluding carboxylic acids is 1. The maximum absolute atomic E-state index is 13.1. The van der Waals surface area contributed by atoms with Crippen LogP contribution in [0.1, 0.15) is 25.3 Å². The molecule has 0 aliphatic carbocycles. The number of aromatic nitrogens is 4. The number of hydrogen-bond donors (Lipinski definition) is 1. The summed E-state index contributed by atoms with van der Waals surface area (Å²) in [4.78, 5) is 25.7. The van der Waals surface area contributed by atoms with E-state index in [1.807, 2.05) is 40.1 Å². The van der Waals surface area contributed by atoms with Gasteiger partial charge in [0.2, 0.25) is 11.7 Å². The molecule has 8 nitrogen and oxygen atoms in total. The molecule has 1 N–H and O–H groups in total. The van der Waals surface area contributed by atoms with Gasteiger partial charge in [-0.2, -0.15) is 0 Å². The Labute approximate surface area is 192 Å². The smallest absolute Gasteiger partial charge is 0.272 e. The zero-order valence-corrected chi connectivity index (χ0v) is 19.2. The first kappa shape index (κ1) is 21.2. The lowest BCUT2D eigenvalue weighted by Crippen LogP contribution is -2.28. The number of aryl methyl sites for hydroxylation is 1. The van der Waals surface area contributed by atoms with E-state index in [0.29, 0.717) is 22.2 Å². The van der Waals surface area contributed by atoms with Crippen LogP contribution in [-0.2, 0) is 22.5 Å². The first-order chi connectivity index (χ1) is 15.7. The lowest BCUT2D eigenvalue weighted by molar-refractivity contribution is -0.113. The van der Waals surface area contributed by atoms with Crippen LogP contribution >= 0.6 is 23.1 Å². The molecule has 0 spiro atoms. The van der Waals surface area contributed by atoms with Gasteiger partial charge in [0, 0.05) is 12.3 Å². The van der Waals surface area contributed by atoms with Crippen LogP contribution in [0.15, 0.2) is 45.7 Å². The highest BCUT2D eigenvalue weighted by molar-refractivity contribution is 7.99. The Morgan fingerprint density at radius 1 is 1.31 bits per heavy atom. The molecule has 1 fully saturated rings. The SMILES string of the molecule is CCc1ccccc1NC(=O)CSc1nnc2n(CC3CCCO3)c(=O)c3sccc3n12. The monoisotopic (exact) mass is 469 g/mol. The summed E-state index contributed by atoms with van der Waals surface area (Å²) in [6, 6.07) is 9.69. The standard InChI is InChI=1S/C22H23N5O3S2/c1-2-14-6-3-4-8-16(14)23-18(28)13-32-22-25-24-21-26(12-15-7-5-10-30-15)20(29)19-17(27(21)22)9-11-31-19/h3-4,6,8-9,11,15H,2,5,7,10,12-13H2,1H3,(H,23,28). The summed E-state index contributed by atoms with van der Waals surface area (Å²) in [5.74, 6) is 0.563. The second-order valence-electron chi connectivity index (χ2n) is 7.65. The second kappa shape index (κ2) is 9.05. The summed E-state index contributed by atoms with van der Waals surface area (Å²) in [6.45, 7) is 3.23. The summed E-state index contributed by atoms with van der Waals surface area (Å²) >= 11 is 2.71. The van der Waals surface area contributed by atoms with Crippen LogP contribution in [0, 0.1) is 0 Å². The van der Waals surface area contributed by atoms with Crippen molar-refractivity contribution in [1.82, 2.24) is 19.2 Å². The average molecular weight is 470 g/mol. The van der Waals surface area contributed by atoms with Gasteiger partial charge in [-0.15, -0.1) is 21.5 Å². The number of para-hydroxylation sites is 1.